The second-order valence-corrected chi connectivity index (χ2v) is 7.90. The number of nitrogens with zero attached hydrogens (tertiary/aromatic N) is 3. The lowest BCUT2D eigenvalue weighted by molar-refractivity contribution is 0.0952. The van der Waals surface area contributed by atoms with E-state index in [9.17, 15) is 4.79 Å². The van der Waals surface area contributed by atoms with Gasteiger partial charge in [0.1, 0.15) is 5.82 Å². The topological polar surface area (TPSA) is 60.5 Å². The molecule has 0 bridgehead atoms. The fraction of sp³-hybridized carbons (Fsp3) is 0.478. The third-order valence-electron chi connectivity index (χ3n) is 5.84. The number of likely N-dealkylation sites (tertiary alicyclic amines) is 1. The van der Waals surface area contributed by atoms with Crippen LogP contribution in [-0.4, -0.2) is 61.6 Å². The van der Waals surface area contributed by atoms with Crippen LogP contribution in [-0.2, 0) is 0 Å². The molecule has 0 aliphatic carbocycles. The molecule has 2 N–H and O–H groups in total. The molecule has 29 heavy (non-hydrogen) atoms. The highest BCUT2D eigenvalue weighted by Gasteiger charge is 2.25. The summed E-state index contributed by atoms with van der Waals surface area (Å²) in [5.74, 6) is 0.760. The average Bonchev–Trinajstić information content (AvgIpc) is 3.31. The Balaban J connectivity index is 1.37. The number of amides is 1. The Morgan fingerprint density at radius 2 is 1.93 bits per heavy atom. The largest absolute Gasteiger partial charge is 0.353 e. The van der Waals surface area contributed by atoms with Crippen molar-refractivity contribution in [2.45, 2.75) is 25.3 Å². The van der Waals surface area contributed by atoms with Crippen LogP contribution < -0.4 is 15.5 Å². The number of hydrogen-bond donors (Lipinski definition) is 2. The van der Waals surface area contributed by atoms with Crippen molar-refractivity contribution >= 4 is 11.7 Å². The maximum atomic E-state index is 12.8. The fourth-order valence-corrected chi connectivity index (χ4v) is 4.28. The highest BCUT2D eigenvalue weighted by Crippen LogP contribution is 2.23. The zero-order valence-electron chi connectivity index (χ0n) is 17.0. The first-order valence-corrected chi connectivity index (χ1v) is 10.8. The molecule has 2 saturated heterocycles. The van der Waals surface area contributed by atoms with Crippen LogP contribution in [0.3, 0.4) is 0 Å². The van der Waals surface area contributed by atoms with Gasteiger partial charge in [-0.05, 0) is 56.6 Å². The van der Waals surface area contributed by atoms with E-state index >= 15 is 0 Å². The van der Waals surface area contributed by atoms with Crippen molar-refractivity contribution in [3.8, 4) is 0 Å². The molecular formula is C23H31N5O. The average molecular weight is 394 g/mol. The van der Waals surface area contributed by atoms with Crippen LogP contribution in [0.1, 0.15) is 41.2 Å². The highest BCUT2D eigenvalue weighted by molar-refractivity contribution is 5.98. The lowest BCUT2D eigenvalue weighted by atomic mass is 10.0. The summed E-state index contributed by atoms with van der Waals surface area (Å²) < 4.78 is 0. The van der Waals surface area contributed by atoms with Gasteiger partial charge in [0.15, 0.2) is 0 Å². The minimum Gasteiger partial charge on any atom is -0.353 e. The van der Waals surface area contributed by atoms with Crippen molar-refractivity contribution in [1.29, 1.82) is 0 Å². The number of carbonyl (C=O) groups is 1. The molecule has 2 aliphatic rings. The smallest absolute Gasteiger partial charge is 0.255 e. The summed E-state index contributed by atoms with van der Waals surface area (Å²) in [4.78, 5) is 22.1. The number of anilines is 1. The first kappa shape index (κ1) is 19.9. The van der Waals surface area contributed by atoms with Crippen LogP contribution >= 0.6 is 0 Å². The summed E-state index contributed by atoms with van der Waals surface area (Å²) in [5, 5.41) is 6.68. The van der Waals surface area contributed by atoms with Crippen molar-refractivity contribution in [2.24, 2.45) is 0 Å². The van der Waals surface area contributed by atoms with E-state index in [0.717, 1.165) is 38.4 Å². The van der Waals surface area contributed by atoms with E-state index in [4.69, 9.17) is 0 Å². The molecular weight excluding hydrogens is 362 g/mol. The Hall–Kier alpha value is -2.44. The molecule has 1 aromatic carbocycles. The van der Waals surface area contributed by atoms with Gasteiger partial charge in [-0.2, -0.15) is 0 Å². The van der Waals surface area contributed by atoms with Gasteiger partial charge in [0.2, 0.25) is 0 Å². The van der Waals surface area contributed by atoms with Crippen molar-refractivity contribution in [1.82, 2.24) is 20.5 Å². The summed E-state index contributed by atoms with van der Waals surface area (Å²) in [6.45, 7) is 6.69. The Kier molecular flexibility index (Phi) is 6.75. The van der Waals surface area contributed by atoms with Crippen molar-refractivity contribution in [3.63, 3.8) is 0 Å². The third-order valence-corrected chi connectivity index (χ3v) is 5.84. The molecule has 2 aliphatic heterocycles. The van der Waals surface area contributed by atoms with E-state index in [1.807, 2.05) is 18.2 Å². The minimum atomic E-state index is -0.0238. The van der Waals surface area contributed by atoms with Gasteiger partial charge in [0.05, 0.1) is 5.56 Å². The van der Waals surface area contributed by atoms with Gasteiger partial charge in [-0.25, -0.2) is 4.98 Å². The Morgan fingerprint density at radius 3 is 2.76 bits per heavy atom. The lowest BCUT2D eigenvalue weighted by Crippen LogP contribution is -2.47. The summed E-state index contributed by atoms with van der Waals surface area (Å²) >= 11 is 0. The van der Waals surface area contributed by atoms with Crippen LogP contribution in [0.5, 0.6) is 0 Å². The molecule has 0 spiro atoms. The number of rotatable bonds is 7. The monoisotopic (exact) mass is 393 g/mol. The summed E-state index contributed by atoms with van der Waals surface area (Å²) in [7, 11) is 0. The minimum absolute atomic E-state index is 0.0238. The van der Waals surface area contributed by atoms with Crippen molar-refractivity contribution in [3.05, 3.63) is 59.8 Å². The van der Waals surface area contributed by atoms with Crippen LogP contribution in [0, 0.1) is 0 Å². The zero-order chi connectivity index (χ0) is 19.9. The number of hydrogen-bond acceptors (Lipinski definition) is 5. The Morgan fingerprint density at radius 1 is 1.10 bits per heavy atom. The van der Waals surface area contributed by atoms with Crippen molar-refractivity contribution in [2.75, 3.05) is 50.7 Å². The van der Waals surface area contributed by atoms with Crippen LogP contribution in [0.25, 0.3) is 0 Å². The van der Waals surface area contributed by atoms with Crippen molar-refractivity contribution < 1.29 is 4.79 Å². The molecule has 6 nitrogen and oxygen atoms in total. The highest BCUT2D eigenvalue weighted by atomic mass is 16.1. The molecule has 1 amide bonds. The SMILES string of the molecule is O=C(NCCCN1CCCC1)c1cccnc1N1CCN[C@H](c2ccccc2)C1. The van der Waals surface area contributed by atoms with Crippen LogP contribution in [0.2, 0.25) is 0 Å². The van der Waals surface area contributed by atoms with Crippen LogP contribution in [0.4, 0.5) is 5.82 Å². The maximum Gasteiger partial charge on any atom is 0.255 e. The Bertz CT molecular complexity index is 791. The molecule has 0 saturated carbocycles. The van der Waals surface area contributed by atoms with E-state index in [1.54, 1.807) is 6.20 Å². The summed E-state index contributed by atoms with van der Waals surface area (Å²) in [6.07, 6.45) is 5.38. The van der Waals surface area contributed by atoms with E-state index < -0.39 is 0 Å². The molecule has 4 rings (SSSR count). The molecule has 1 atom stereocenters. The van der Waals surface area contributed by atoms with Gasteiger partial charge in [0.25, 0.3) is 5.91 Å². The molecule has 0 unspecified atom stereocenters. The predicted octanol–water partition coefficient (Wildman–Crippen LogP) is 2.45. The third kappa shape index (κ3) is 5.14. The first-order chi connectivity index (χ1) is 14.3. The quantitative estimate of drug-likeness (QED) is 0.708. The molecule has 1 aromatic heterocycles. The second-order valence-electron chi connectivity index (χ2n) is 7.90. The van der Waals surface area contributed by atoms with E-state index in [1.165, 1.54) is 31.5 Å². The molecule has 6 heteroatoms. The van der Waals surface area contributed by atoms with E-state index in [-0.39, 0.29) is 11.9 Å². The molecule has 2 fully saturated rings. The predicted molar refractivity (Wildman–Crippen MR) is 116 cm³/mol. The zero-order valence-corrected chi connectivity index (χ0v) is 17.0. The van der Waals surface area contributed by atoms with Gasteiger partial charge in [-0.15, -0.1) is 0 Å². The summed E-state index contributed by atoms with van der Waals surface area (Å²) in [6, 6.07) is 14.4. The number of piperazine rings is 1. The standard InChI is InChI=1S/C23H31N5O/c29-23(26-12-7-16-27-14-4-5-15-27)20-10-6-11-25-22(20)28-17-13-24-21(18-28)19-8-2-1-3-9-19/h1-3,6,8-11,21,24H,4-5,7,12-18H2,(H,26,29)/t21-/m0/s1. The number of pyridine rings is 1. The molecule has 0 radical (unpaired) electrons. The molecule has 3 heterocycles. The number of carbonyl (C=O) groups excluding carboxylic acids is 1. The van der Waals surface area contributed by atoms with Gasteiger partial charge in [-0.3, -0.25) is 4.79 Å². The van der Waals surface area contributed by atoms with E-state index in [0.29, 0.717) is 12.1 Å². The van der Waals surface area contributed by atoms with Gasteiger partial charge in [-0.1, -0.05) is 30.3 Å². The Labute approximate surface area is 173 Å². The number of aromatic nitrogens is 1. The first-order valence-electron chi connectivity index (χ1n) is 10.8. The fourth-order valence-electron chi connectivity index (χ4n) is 4.28. The number of benzene rings is 1. The number of nitrogens with one attached hydrogen (secondary N) is 2. The molecule has 2 aromatic rings. The second kappa shape index (κ2) is 9.85. The van der Waals surface area contributed by atoms with Gasteiger partial charge >= 0.3 is 0 Å². The van der Waals surface area contributed by atoms with Gasteiger partial charge in [0, 0.05) is 38.4 Å². The maximum absolute atomic E-state index is 12.8. The van der Waals surface area contributed by atoms with E-state index in [2.05, 4.69) is 49.7 Å². The van der Waals surface area contributed by atoms with Gasteiger partial charge < -0.3 is 20.4 Å². The summed E-state index contributed by atoms with van der Waals surface area (Å²) in [5.41, 5.74) is 1.93. The van der Waals surface area contributed by atoms with Crippen LogP contribution in [0.15, 0.2) is 48.7 Å². The molecule has 154 valence electrons. The normalized spacial score (nSPS) is 20.0. The lowest BCUT2D eigenvalue weighted by Gasteiger charge is -2.35.